The summed E-state index contributed by atoms with van der Waals surface area (Å²) in [5, 5.41) is 9.28. The van der Waals surface area contributed by atoms with E-state index in [1.807, 2.05) is 12.3 Å². The molecular formula is C9H13NO2. The molecule has 1 unspecified atom stereocenters. The Morgan fingerprint density at radius 3 is 3.08 bits per heavy atom. The minimum atomic E-state index is 0.221. The number of methoxy groups -OCH3 is 1. The third-order valence-electron chi connectivity index (χ3n) is 1.76. The Kier molecular flexibility index (Phi) is 2.91. The molecule has 0 radical (unpaired) electrons. The predicted octanol–water partition coefficient (Wildman–Crippen LogP) is 1.68. The molecule has 0 aliphatic heterocycles. The molecule has 0 spiro atoms. The Morgan fingerprint density at radius 2 is 2.50 bits per heavy atom. The summed E-state index contributed by atoms with van der Waals surface area (Å²) in [6.07, 6.45) is 6.23. The summed E-state index contributed by atoms with van der Waals surface area (Å²) in [4.78, 5) is 3.92. The van der Waals surface area contributed by atoms with Gasteiger partial charge in [-0.3, -0.25) is 0 Å². The first-order valence-electron chi connectivity index (χ1n) is 3.85. The van der Waals surface area contributed by atoms with Crippen molar-refractivity contribution in [3.05, 3.63) is 23.7 Å². The van der Waals surface area contributed by atoms with Crippen molar-refractivity contribution in [3.8, 4) is 0 Å². The van der Waals surface area contributed by atoms with E-state index in [0.29, 0.717) is 5.76 Å². The molecule has 0 heterocycles. The number of aliphatic hydroxyl groups excluding tert-OH is 1. The van der Waals surface area contributed by atoms with Gasteiger partial charge in [0.2, 0.25) is 0 Å². The van der Waals surface area contributed by atoms with Crippen LogP contribution in [-0.2, 0) is 4.74 Å². The number of ether oxygens (including phenoxy) is 1. The molecule has 0 amide bonds. The maximum absolute atomic E-state index is 9.28. The van der Waals surface area contributed by atoms with Crippen molar-refractivity contribution in [1.29, 1.82) is 0 Å². The molecule has 0 aromatic carbocycles. The molecule has 1 aliphatic rings. The van der Waals surface area contributed by atoms with E-state index >= 15 is 0 Å². The molecule has 0 fully saturated rings. The molecule has 1 aliphatic carbocycles. The summed E-state index contributed by atoms with van der Waals surface area (Å²) in [6, 6.07) is 0. The molecule has 0 aromatic rings. The van der Waals surface area contributed by atoms with E-state index < -0.39 is 0 Å². The zero-order valence-electron chi connectivity index (χ0n) is 7.32. The van der Waals surface area contributed by atoms with E-state index in [9.17, 15) is 5.11 Å². The molecule has 1 N–H and O–H groups in total. The molecule has 0 aromatic heterocycles. The Balaban J connectivity index is 2.73. The number of nitrogens with zero attached hydrogens (tertiary/aromatic N) is 1. The fourth-order valence-corrected chi connectivity index (χ4v) is 1.16. The van der Waals surface area contributed by atoms with Gasteiger partial charge in [0.25, 0.3) is 0 Å². The van der Waals surface area contributed by atoms with Crippen molar-refractivity contribution in [2.24, 2.45) is 10.9 Å². The van der Waals surface area contributed by atoms with Crippen LogP contribution in [0.25, 0.3) is 0 Å². The van der Waals surface area contributed by atoms with Crippen LogP contribution in [0.5, 0.6) is 0 Å². The lowest BCUT2D eigenvalue weighted by atomic mass is 10.0. The van der Waals surface area contributed by atoms with Gasteiger partial charge in [-0.25, -0.2) is 0 Å². The smallest absolute Gasteiger partial charge is 0.156 e. The van der Waals surface area contributed by atoms with E-state index in [4.69, 9.17) is 4.74 Å². The van der Waals surface area contributed by atoms with Gasteiger partial charge >= 0.3 is 0 Å². The minimum Gasteiger partial charge on any atom is -0.504 e. The average molecular weight is 167 g/mol. The molecule has 0 saturated carbocycles. The first-order valence-corrected chi connectivity index (χ1v) is 3.85. The van der Waals surface area contributed by atoms with Gasteiger partial charge in [-0.2, -0.15) is 0 Å². The first-order chi connectivity index (χ1) is 5.77. The van der Waals surface area contributed by atoms with Crippen LogP contribution in [0.1, 0.15) is 6.42 Å². The second kappa shape index (κ2) is 3.95. The Bertz CT molecular complexity index is 241. The van der Waals surface area contributed by atoms with Gasteiger partial charge < -0.3 is 14.8 Å². The third kappa shape index (κ3) is 1.87. The molecule has 0 bridgehead atoms. The summed E-state index contributed by atoms with van der Waals surface area (Å²) in [5.41, 5.74) is 0. The SMILES string of the molecule is CN=CC1C=C(OC)C(O)=CC1. The quantitative estimate of drug-likeness (QED) is 0.636. The number of aliphatic imine (C=N–C) groups is 1. The van der Waals surface area contributed by atoms with Crippen LogP contribution in [0.3, 0.4) is 0 Å². The van der Waals surface area contributed by atoms with E-state index in [1.165, 1.54) is 0 Å². The molecule has 0 saturated heterocycles. The topological polar surface area (TPSA) is 41.8 Å². The van der Waals surface area contributed by atoms with E-state index in [0.717, 1.165) is 6.42 Å². The predicted molar refractivity (Wildman–Crippen MR) is 48.3 cm³/mol. The summed E-state index contributed by atoms with van der Waals surface area (Å²) < 4.78 is 4.96. The standard InChI is InChI=1S/C9H13NO2/c1-10-6-7-3-4-8(11)9(5-7)12-2/h4-7,11H,3H2,1-2H3. The van der Waals surface area contributed by atoms with Crippen LogP contribution in [-0.4, -0.2) is 25.5 Å². The van der Waals surface area contributed by atoms with Crippen LogP contribution in [0.15, 0.2) is 28.7 Å². The highest BCUT2D eigenvalue weighted by atomic mass is 16.5. The van der Waals surface area contributed by atoms with Gasteiger partial charge in [0.15, 0.2) is 11.5 Å². The van der Waals surface area contributed by atoms with Crippen molar-refractivity contribution < 1.29 is 9.84 Å². The summed E-state index contributed by atoms with van der Waals surface area (Å²) in [5.74, 6) is 1.00. The second-order valence-electron chi connectivity index (χ2n) is 2.63. The molecule has 3 heteroatoms. The molecule has 1 atom stereocenters. The third-order valence-corrected chi connectivity index (χ3v) is 1.76. The van der Waals surface area contributed by atoms with Gasteiger partial charge in [-0.05, 0) is 18.6 Å². The normalized spacial score (nSPS) is 23.7. The highest BCUT2D eigenvalue weighted by molar-refractivity contribution is 5.64. The van der Waals surface area contributed by atoms with Crippen LogP contribution < -0.4 is 0 Å². The van der Waals surface area contributed by atoms with Gasteiger partial charge in [0.1, 0.15) is 0 Å². The number of hydrogen-bond donors (Lipinski definition) is 1. The highest BCUT2D eigenvalue weighted by Gasteiger charge is 2.13. The molecular weight excluding hydrogens is 154 g/mol. The minimum absolute atomic E-state index is 0.221. The number of aliphatic hydroxyl groups is 1. The van der Waals surface area contributed by atoms with Crippen molar-refractivity contribution >= 4 is 6.21 Å². The molecule has 1 rings (SSSR count). The van der Waals surface area contributed by atoms with Crippen molar-refractivity contribution in [3.63, 3.8) is 0 Å². The molecule has 3 nitrogen and oxygen atoms in total. The van der Waals surface area contributed by atoms with E-state index in [2.05, 4.69) is 4.99 Å². The van der Waals surface area contributed by atoms with E-state index in [1.54, 1.807) is 20.2 Å². The number of hydrogen-bond acceptors (Lipinski definition) is 3. The van der Waals surface area contributed by atoms with Crippen LogP contribution >= 0.6 is 0 Å². The fourth-order valence-electron chi connectivity index (χ4n) is 1.16. The Labute approximate surface area is 72.1 Å². The maximum atomic E-state index is 9.28. The van der Waals surface area contributed by atoms with E-state index in [-0.39, 0.29) is 11.7 Å². The van der Waals surface area contributed by atoms with Crippen molar-refractivity contribution in [1.82, 2.24) is 0 Å². The largest absolute Gasteiger partial charge is 0.504 e. The lowest BCUT2D eigenvalue weighted by molar-refractivity contribution is 0.249. The van der Waals surface area contributed by atoms with Crippen LogP contribution in [0.4, 0.5) is 0 Å². The Hall–Kier alpha value is -1.25. The van der Waals surface area contributed by atoms with Crippen molar-refractivity contribution in [2.45, 2.75) is 6.42 Å². The lowest BCUT2D eigenvalue weighted by Crippen LogP contribution is -2.06. The summed E-state index contributed by atoms with van der Waals surface area (Å²) >= 11 is 0. The highest BCUT2D eigenvalue weighted by Crippen LogP contribution is 2.20. The van der Waals surface area contributed by atoms with Gasteiger partial charge in [0.05, 0.1) is 7.11 Å². The van der Waals surface area contributed by atoms with Gasteiger partial charge in [0, 0.05) is 19.2 Å². The maximum Gasteiger partial charge on any atom is 0.156 e. The average Bonchev–Trinajstić information content (AvgIpc) is 2.09. The summed E-state index contributed by atoms with van der Waals surface area (Å²) in [7, 11) is 3.28. The van der Waals surface area contributed by atoms with Crippen LogP contribution in [0.2, 0.25) is 0 Å². The Morgan fingerprint density at radius 1 is 1.75 bits per heavy atom. The number of rotatable bonds is 2. The second-order valence-corrected chi connectivity index (χ2v) is 2.63. The fraction of sp³-hybridized carbons (Fsp3) is 0.444. The number of allylic oxidation sites excluding steroid dienone is 2. The van der Waals surface area contributed by atoms with Crippen molar-refractivity contribution in [2.75, 3.05) is 14.2 Å². The zero-order valence-corrected chi connectivity index (χ0v) is 7.32. The van der Waals surface area contributed by atoms with Gasteiger partial charge in [-0.1, -0.05) is 0 Å². The monoisotopic (exact) mass is 167 g/mol. The molecule has 12 heavy (non-hydrogen) atoms. The molecule has 66 valence electrons. The first kappa shape index (κ1) is 8.84. The van der Waals surface area contributed by atoms with Crippen LogP contribution in [0, 0.1) is 5.92 Å². The summed E-state index contributed by atoms with van der Waals surface area (Å²) in [6.45, 7) is 0. The lowest BCUT2D eigenvalue weighted by Gasteiger charge is -2.14. The zero-order chi connectivity index (χ0) is 8.97. The van der Waals surface area contributed by atoms with Gasteiger partial charge in [-0.15, -0.1) is 0 Å².